The first-order chi connectivity index (χ1) is 12.6. The van der Waals surface area contributed by atoms with E-state index in [4.69, 9.17) is 0 Å². The summed E-state index contributed by atoms with van der Waals surface area (Å²) >= 11 is 0. The van der Waals surface area contributed by atoms with Crippen LogP contribution in [0.2, 0.25) is 0 Å². The molecule has 0 bridgehead atoms. The van der Waals surface area contributed by atoms with Crippen molar-refractivity contribution in [1.29, 1.82) is 0 Å². The van der Waals surface area contributed by atoms with Gasteiger partial charge in [-0.05, 0) is 41.0 Å². The molecule has 26 heavy (non-hydrogen) atoms. The van der Waals surface area contributed by atoms with Crippen molar-refractivity contribution in [2.45, 2.75) is 0 Å². The first-order valence-corrected chi connectivity index (χ1v) is 8.10. The number of hydrogen-bond donors (Lipinski definition) is 2. The second kappa shape index (κ2) is 7.94. The van der Waals surface area contributed by atoms with Crippen molar-refractivity contribution in [3.63, 3.8) is 0 Å². The van der Waals surface area contributed by atoms with E-state index in [2.05, 4.69) is 5.32 Å². The van der Waals surface area contributed by atoms with Crippen LogP contribution in [0.15, 0.2) is 90.6 Å². The number of hydrogen-bond acceptors (Lipinski definition) is 2. The maximum absolute atomic E-state index is 12.2. The van der Waals surface area contributed by atoms with Crippen LogP contribution in [0, 0.1) is 0 Å². The molecule has 0 atom stereocenters. The molecule has 4 heteroatoms. The van der Waals surface area contributed by atoms with Gasteiger partial charge < -0.3 is 10.4 Å². The summed E-state index contributed by atoms with van der Waals surface area (Å²) in [6.07, 6.45) is 1.45. The van der Waals surface area contributed by atoms with Crippen LogP contribution >= 0.6 is 0 Å². The van der Waals surface area contributed by atoms with Gasteiger partial charge in [0.15, 0.2) is 0 Å². The molecule has 128 valence electrons. The minimum absolute atomic E-state index is 0.177. The lowest BCUT2D eigenvalue weighted by Gasteiger charge is -2.07. The monoisotopic (exact) mass is 343 g/mol. The Morgan fingerprint density at radius 3 is 2.04 bits per heavy atom. The summed E-state index contributed by atoms with van der Waals surface area (Å²) in [7, 11) is 0. The van der Waals surface area contributed by atoms with Gasteiger partial charge >= 0.3 is 5.97 Å². The van der Waals surface area contributed by atoms with Crippen molar-refractivity contribution in [2.75, 3.05) is 0 Å². The van der Waals surface area contributed by atoms with Crippen LogP contribution < -0.4 is 5.32 Å². The van der Waals surface area contributed by atoms with E-state index in [1.807, 2.05) is 48.5 Å². The van der Waals surface area contributed by atoms with Crippen LogP contribution in [-0.4, -0.2) is 17.0 Å². The van der Waals surface area contributed by atoms with Crippen LogP contribution in [-0.2, 0) is 4.79 Å². The van der Waals surface area contributed by atoms with E-state index in [1.165, 1.54) is 6.08 Å². The molecule has 0 fully saturated rings. The van der Waals surface area contributed by atoms with E-state index < -0.39 is 11.9 Å². The van der Waals surface area contributed by atoms with Gasteiger partial charge in [0.05, 0.1) is 0 Å². The van der Waals surface area contributed by atoms with Crippen LogP contribution in [0.25, 0.3) is 17.2 Å². The number of nitrogens with one attached hydrogen (secondary N) is 1. The lowest BCUT2D eigenvalue weighted by atomic mass is 10.0. The molecule has 3 rings (SSSR count). The Balaban J connectivity index is 1.88. The summed E-state index contributed by atoms with van der Waals surface area (Å²) in [5.41, 5.74) is 2.92. The first kappa shape index (κ1) is 17.2. The number of benzene rings is 3. The molecule has 1 amide bonds. The fourth-order valence-corrected chi connectivity index (χ4v) is 2.54. The second-order valence-corrected chi connectivity index (χ2v) is 5.67. The second-order valence-electron chi connectivity index (χ2n) is 5.67. The Morgan fingerprint density at radius 2 is 1.38 bits per heavy atom. The predicted molar refractivity (Wildman–Crippen MR) is 101 cm³/mol. The minimum Gasteiger partial charge on any atom is -0.477 e. The predicted octanol–water partition coefficient (Wildman–Crippen LogP) is 4.21. The number of carbonyl (C=O) groups is 2. The zero-order valence-electron chi connectivity index (χ0n) is 13.9. The molecule has 0 saturated heterocycles. The molecular weight excluding hydrogens is 326 g/mol. The number of rotatable bonds is 5. The van der Waals surface area contributed by atoms with Gasteiger partial charge in [-0.1, -0.05) is 66.7 Å². The van der Waals surface area contributed by atoms with Crippen molar-refractivity contribution in [2.24, 2.45) is 0 Å². The zero-order chi connectivity index (χ0) is 18.4. The number of aliphatic carboxylic acids is 1. The normalized spacial score (nSPS) is 11.0. The van der Waals surface area contributed by atoms with Gasteiger partial charge in [0, 0.05) is 5.56 Å². The molecule has 3 aromatic rings. The highest BCUT2D eigenvalue weighted by molar-refractivity contribution is 6.02. The van der Waals surface area contributed by atoms with Gasteiger partial charge in [0.1, 0.15) is 5.70 Å². The number of carbonyl (C=O) groups excluding carboxylic acids is 1. The molecule has 0 aliphatic rings. The highest BCUT2D eigenvalue weighted by Gasteiger charge is 2.13. The van der Waals surface area contributed by atoms with Gasteiger partial charge in [-0.25, -0.2) is 4.79 Å². The summed E-state index contributed by atoms with van der Waals surface area (Å²) in [5, 5.41) is 11.9. The Kier molecular flexibility index (Phi) is 5.25. The summed E-state index contributed by atoms with van der Waals surface area (Å²) in [5.74, 6) is -1.65. The Hall–Kier alpha value is -3.66. The van der Waals surface area contributed by atoms with Gasteiger partial charge in [0.25, 0.3) is 5.91 Å². The molecule has 0 heterocycles. The molecule has 3 aromatic carbocycles. The largest absolute Gasteiger partial charge is 0.477 e. The molecule has 4 nitrogen and oxygen atoms in total. The molecule has 0 unspecified atom stereocenters. The topological polar surface area (TPSA) is 66.4 Å². The van der Waals surface area contributed by atoms with E-state index in [9.17, 15) is 14.7 Å². The maximum atomic E-state index is 12.2. The number of amides is 1. The lowest BCUT2D eigenvalue weighted by Crippen LogP contribution is -2.27. The number of carboxylic acids is 1. The third kappa shape index (κ3) is 4.24. The van der Waals surface area contributed by atoms with Crippen LogP contribution in [0.1, 0.15) is 15.9 Å². The molecule has 0 aliphatic carbocycles. The standard InChI is InChI=1S/C22H17NO3/c24-21(18-11-5-2-6-12-18)23-20(22(25)26)15-16-8-7-13-19(14-16)17-9-3-1-4-10-17/h1-15H,(H,23,24)(H,25,26)/b20-15+. The quantitative estimate of drug-likeness (QED) is 0.682. The number of carboxylic acid groups (broad SMARTS) is 1. The van der Waals surface area contributed by atoms with Crippen molar-refractivity contribution in [1.82, 2.24) is 5.32 Å². The fourth-order valence-electron chi connectivity index (χ4n) is 2.54. The van der Waals surface area contributed by atoms with Gasteiger partial charge in [0.2, 0.25) is 0 Å². The van der Waals surface area contributed by atoms with E-state index >= 15 is 0 Å². The van der Waals surface area contributed by atoms with E-state index in [0.717, 1.165) is 11.1 Å². The van der Waals surface area contributed by atoms with Crippen LogP contribution in [0.3, 0.4) is 0 Å². The zero-order valence-corrected chi connectivity index (χ0v) is 13.9. The summed E-state index contributed by atoms with van der Waals surface area (Å²) in [4.78, 5) is 23.8. The Morgan fingerprint density at radius 1 is 0.769 bits per heavy atom. The fraction of sp³-hybridized carbons (Fsp3) is 0. The Bertz CT molecular complexity index is 947. The lowest BCUT2D eigenvalue weighted by molar-refractivity contribution is -0.132. The average molecular weight is 343 g/mol. The highest BCUT2D eigenvalue weighted by atomic mass is 16.4. The maximum Gasteiger partial charge on any atom is 0.352 e. The van der Waals surface area contributed by atoms with Gasteiger partial charge in [-0.3, -0.25) is 4.79 Å². The SMILES string of the molecule is O=C(O)/C(=C\c1cccc(-c2ccccc2)c1)NC(=O)c1ccccc1. The van der Waals surface area contributed by atoms with Crippen molar-refractivity contribution in [3.05, 3.63) is 102 Å². The van der Waals surface area contributed by atoms with Crippen molar-refractivity contribution >= 4 is 18.0 Å². The van der Waals surface area contributed by atoms with Crippen LogP contribution in [0.5, 0.6) is 0 Å². The third-order valence-corrected chi connectivity index (χ3v) is 3.82. The van der Waals surface area contributed by atoms with Crippen molar-refractivity contribution in [3.8, 4) is 11.1 Å². The van der Waals surface area contributed by atoms with E-state index in [1.54, 1.807) is 36.4 Å². The molecule has 2 N–H and O–H groups in total. The Labute approximate surface area is 151 Å². The molecule has 0 spiro atoms. The average Bonchev–Trinajstić information content (AvgIpc) is 2.69. The highest BCUT2D eigenvalue weighted by Crippen LogP contribution is 2.21. The van der Waals surface area contributed by atoms with Crippen molar-refractivity contribution < 1.29 is 14.7 Å². The summed E-state index contributed by atoms with van der Waals surface area (Å²) < 4.78 is 0. The third-order valence-electron chi connectivity index (χ3n) is 3.82. The van der Waals surface area contributed by atoms with Crippen LogP contribution in [0.4, 0.5) is 0 Å². The molecule has 0 aliphatic heterocycles. The molecule has 0 aromatic heterocycles. The minimum atomic E-state index is -1.20. The smallest absolute Gasteiger partial charge is 0.352 e. The first-order valence-electron chi connectivity index (χ1n) is 8.10. The summed E-state index contributed by atoms with van der Waals surface area (Å²) in [6.45, 7) is 0. The van der Waals surface area contributed by atoms with E-state index in [0.29, 0.717) is 11.1 Å². The summed E-state index contributed by atoms with van der Waals surface area (Å²) in [6, 6.07) is 25.8. The van der Waals surface area contributed by atoms with Gasteiger partial charge in [-0.15, -0.1) is 0 Å². The molecule has 0 radical (unpaired) electrons. The molecule has 0 saturated carbocycles. The van der Waals surface area contributed by atoms with Gasteiger partial charge in [-0.2, -0.15) is 0 Å². The molecular formula is C22H17NO3. The van der Waals surface area contributed by atoms with E-state index in [-0.39, 0.29) is 5.70 Å².